The summed E-state index contributed by atoms with van der Waals surface area (Å²) in [6.07, 6.45) is 0. The molecule has 0 unspecified atom stereocenters. The van der Waals surface area contributed by atoms with Gasteiger partial charge in [0.25, 0.3) is 0 Å². The van der Waals surface area contributed by atoms with Crippen LogP contribution in [0, 0.1) is 0 Å². The van der Waals surface area contributed by atoms with E-state index < -0.39 is 0 Å². The Balaban J connectivity index is 1.09. The first kappa shape index (κ1) is 35.5. The van der Waals surface area contributed by atoms with E-state index in [0.29, 0.717) is 17.5 Å². The van der Waals surface area contributed by atoms with E-state index in [9.17, 15) is 0 Å². The van der Waals surface area contributed by atoms with Crippen LogP contribution in [0.15, 0.2) is 224 Å². The van der Waals surface area contributed by atoms with Crippen LogP contribution >= 0.6 is 0 Å². The summed E-state index contributed by atoms with van der Waals surface area (Å²) in [5.74, 6) is 1.91. The molecule has 62 heavy (non-hydrogen) atoms. The fourth-order valence-electron chi connectivity index (χ4n) is 9.18. The van der Waals surface area contributed by atoms with Crippen LogP contribution in [0.3, 0.4) is 0 Å². The normalized spacial score (nSPS) is 11.5. The van der Waals surface area contributed by atoms with Crippen LogP contribution in [-0.4, -0.2) is 24.1 Å². The zero-order chi connectivity index (χ0) is 41.0. The molecule has 5 nitrogen and oxygen atoms in total. The Morgan fingerprint density at radius 3 is 1.26 bits per heavy atom. The topological polar surface area (TPSA) is 48.5 Å². The SMILES string of the molecule is c1ccc(-c2nc(-c3ccccc3)nc(-c3ccc(-c4c(-c5ccc6c(c5)c5ccccc5n6-c5ccccc5)ccc5c4c4ccccc4n5-c4ccccc4)cc3)n2)cc1. The second-order valence-electron chi connectivity index (χ2n) is 15.6. The summed E-state index contributed by atoms with van der Waals surface area (Å²) in [5, 5.41) is 4.85. The van der Waals surface area contributed by atoms with Crippen molar-refractivity contribution in [2.45, 2.75) is 0 Å². The van der Waals surface area contributed by atoms with E-state index in [4.69, 9.17) is 15.0 Å². The van der Waals surface area contributed by atoms with Gasteiger partial charge in [0.05, 0.1) is 22.1 Å². The number of rotatable bonds is 7. The van der Waals surface area contributed by atoms with Crippen molar-refractivity contribution in [3.05, 3.63) is 224 Å². The number of fused-ring (bicyclic) bond motifs is 6. The predicted molar refractivity (Wildman–Crippen MR) is 256 cm³/mol. The quantitative estimate of drug-likeness (QED) is 0.162. The van der Waals surface area contributed by atoms with E-state index in [-0.39, 0.29) is 0 Å². The second-order valence-corrected chi connectivity index (χ2v) is 15.6. The van der Waals surface area contributed by atoms with Gasteiger partial charge in [-0.3, -0.25) is 0 Å². The molecule has 12 aromatic rings. The smallest absolute Gasteiger partial charge is 0.164 e. The minimum absolute atomic E-state index is 0.628. The number of aromatic nitrogens is 5. The Kier molecular flexibility index (Phi) is 8.42. The molecule has 0 aliphatic heterocycles. The average molecular weight is 792 g/mol. The molecule has 3 aromatic heterocycles. The summed E-state index contributed by atoms with van der Waals surface area (Å²) in [5.41, 5.74) is 14.4. The molecule has 0 aliphatic rings. The van der Waals surface area contributed by atoms with Gasteiger partial charge in [0.1, 0.15) is 0 Å². The Morgan fingerprint density at radius 2 is 0.677 bits per heavy atom. The summed E-state index contributed by atoms with van der Waals surface area (Å²) >= 11 is 0. The molecule has 290 valence electrons. The fraction of sp³-hybridized carbons (Fsp3) is 0. The van der Waals surface area contributed by atoms with Crippen molar-refractivity contribution in [2.75, 3.05) is 0 Å². The Morgan fingerprint density at radius 1 is 0.274 bits per heavy atom. The number of para-hydroxylation sites is 4. The molecular formula is C57H37N5. The Labute approximate surface area is 358 Å². The Bertz CT molecular complexity index is 3540. The second kappa shape index (κ2) is 14.7. The molecule has 3 heterocycles. The highest BCUT2D eigenvalue weighted by molar-refractivity contribution is 6.19. The van der Waals surface area contributed by atoms with E-state index in [1.807, 2.05) is 60.7 Å². The summed E-state index contributed by atoms with van der Waals surface area (Å²) in [6, 6.07) is 79.4. The van der Waals surface area contributed by atoms with Crippen LogP contribution in [0.1, 0.15) is 0 Å². The van der Waals surface area contributed by atoms with Crippen LogP contribution in [0.5, 0.6) is 0 Å². The largest absolute Gasteiger partial charge is 0.309 e. The van der Waals surface area contributed by atoms with E-state index in [1.165, 1.54) is 38.1 Å². The zero-order valence-corrected chi connectivity index (χ0v) is 33.6. The molecule has 0 saturated carbocycles. The van der Waals surface area contributed by atoms with Gasteiger partial charge in [-0.1, -0.05) is 170 Å². The van der Waals surface area contributed by atoms with Crippen molar-refractivity contribution < 1.29 is 0 Å². The summed E-state index contributed by atoms with van der Waals surface area (Å²) in [4.78, 5) is 15.0. The van der Waals surface area contributed by atoms with Crippen LogP contribution < -0.4 is 0 Å². The Hall–Kier alpha value is -8.41. The lowest BCUT2D eigenvalue weighted by Crippen LogP contribution is -2.00. The van der Waals surface area contributed by atoms with E-state index in [0.717, 1.165) is 55.8 Å². The molecule has 0 spiro atoms. The fourth-order valence-corrected chi connectivity index (χ4v) is 9.18. The molecule has 0 fully saturated rings. The molecule has 5 heteroatoms. The summed E-state index contributed by atoms with van der Waals surface area (Å²) in [6.45, 7) is 0. The molecule has 0 bridgehead atoms. The third-order valence-corrected chi connectivity index (χ3v) is 12.0. The highest BCUT2D eigenvalue weighted by atomic mass is 15.0. The van der Waals surface area contributed by atoms with Gasteiger partial charge in [0.15, 0.2) is 17.5 Å². The first-order chi connectivity index (χ1) is 30.8. The molecule has 0 radical (unpaired) electrons. The minimum atomic E-state index is 0.628. The summed E-state index contributed by atoms with van der Waals surface area (Å²) in [7, 11) is 0. The van der Waals surface area contributed by atoms with Crippen molar-refractivity contribution in [2.24, 2.45) is 0 Å². The molecule has 9 aromatic carbocycles. The van der Waals surface area contributed by atoms with Crippen molar-refractivity contribution in [1.29, 1.82) is 0 Å². The molecule has 0 aliphatic carbocycles. The third-order valence-electron chi connectivity index (χ3n) is 12.0. The minimum Gasteiger partial charge on any atom is -0.309 e. The average Bonchev–Trinajstić information content (AvgIpc) is 3.87. The molecule has 12 rings (SSSR count). The monoisotopic (exact) mass is 791 g/mol. The number of hydrogen-bond donors (Lipinski definition) is 0. The van der Waals surface area contributed by atoms with Gasteiger partial charge in [0.2, 0.25) is 0 Å². The lowest BCUT2D eigenvalue weighted by atomic mass is 9.89. The van der Waals surface area contributed by atoms with Crippen molar-refractivity contribution in [1.82, 2.24) is 24.1 Å². The van der Waals surface area contributed by atoms with Gasteiger partial charge in [0, 0.05) is 49.6 Å². The summed E-state index contributed by atoms with van der Waals surface area (Å²) < 4.78 is 4.77. The maximum Gasteiger partial charge on any atom is 0.164 e. The van der Waals surface area contributed by atoms with Gasteiger partial charge in [-0.05, 0) is 76.9 Å². The van der Waals surface area contributed by atoms with Gasteiger partial charge in [-0.25, -0.2) is 15.0 Å². The molecular weight excluding hydrogens is 755 g/mol. The molecule has 0 atom stereocenters. The molecule has 0 amide bonds. The highest BCUT2D eigenvalue weighted by Gasteiger charge is 2.22. The van der Waals surface area contributed by atoms with E-state index in [2.05, 4.69) is 173 Å². The number of benzene rings is 9. The van der Waals surface area contributed by atoms with Crippen LogP contribution in [0.4, 0.5) is 0 Å². The van der Waals surface area contributed by atoms with Crippen LogP contribution in [0.25, 0.3) is 111 Å². The van der Waals surface area contributed by atoms with Gasteiger partial charge >= 0.3 is 0 Å². The first-order valence-electron chi connectivity index (χ1n) is 21.0. The third kappa shape index (κ3) is 5.90. The van der Waals surface area contributed by atoms with Gasteiger partial charge < -0.3 is 9.13 Å². The van der Waals surface area contributed by atoms with Crippen molar-refractivity contribution in [3.8, 4) is 67.8 Å². The predicted octanol–water partition coefficient (Wildman–Crippen LogP) is 14.4. The van der Waals surface area contributed by atoms with Crippen molar-refractivity contribution in [3.63, 3.8) is 0 Å². The molecule has 0 saturated heterocycles. The standard InChI is InChI=1S/C57H37N5/c1-5-17-39(18-6-1)55-58-56(40-19-7-2-8-20-40)60-57(59-55)41-31-29-38(30-32-41)53-45(34-36-52-54(53)47-26-14-16-28-50(47)62(52)44-23-11-4-12-24-44)42-33-35-51-48(37-42)46-25-13-15-27-49(46)61(51)43-21-9-3-10-22-43/h1-37H. The van der Waals surface area contributed by atoms with E-state index in [1.54, 1.807) is 0 Å². The highest BCUT2D eigenvalue weighted by Crippen LogP contribution is 2.45. The zero-order valence-electron chi connectivity index (χ0n) is 33.6. The number of nitrogens with zero attached hydrogens (tertiary/aromatic N) is 5. The first-order valence-corrected chi connectivity index (χ1v) is 21.0. The van der Waals surface area contributed by atoms with Gasteiger partial charge in [-0.15, -0.1) is 0 Å². The van der Waals surface area contributed by atoms with Crippen LogP contribution in [-0.2, 0) is 0 Å². The lowest BCUT2D eigenvalue weighted by molar-refractivity contribution is 1.07. The van der Waals surface area contributed by atoms with Gasteiger partial charge in [-0.2, -0.15) is 0 Å². The van der Waals surface area contributed by atoms with Crippen molar-refractivity contribution >= 4 is 43.6 Å². The maximum absolute atomic E-state index is 5.04. The van der Waals surface area contributed by atoms with E-state index >= 15 is 0 Å². The maximum atomic E-state index is 5.04. The van der Waals surface area contributed by atoms with Crippen LogP contribution in [0.2, 0.25) is 0 Å². The molecule has 0 N–H and O–H groups in total. The lowest BCUT2D eigenvalue weighted by Gasteiger charge is -2.15. The number of hydrogen-bond acceptors (Lipinski definition) is 3.